The van der Waals surface area contributed by atoms with Crippen LogP contribution in [0.3, 0.4) is 0 Å². The molecule has 5 nitrogen and oxygen atoms in total. The second kappa shape index (κ2) is 6.42. The Labute approximate surface area is 90.4 Å². The van der Waals surface area contributed by atoms with Crippen molar-refractivity contribution < 1.29 is 9.47 Å². The van der Waals surface area contributed by atoms with E-state index >= 15 is 0 Å². The molecule has 1 atom stereocenters. The summed E-state index contributed by atoms with van der Waals surface area (Å²) in [5, 5.41) is 3.20. The molecule has 1 N–H and O–H groups in total. The molecule has 0 spiro atoms. The van der Waals surface area contributed by atoms with Crippen LogP contribution in [0.2, 0.25) is 0 Å². The average Bonchev–Trinajstić information content (AvgIpc) is 2.67. The topological polar surface area (TPSA) is 48.3 Å². The summed E-state index contributed by atoms with van der Waals surface area (Å²) in [6.45, 7) is 4.20. The van der Waals surface area contributed by atoms with E-state index in [2.05, 4.69) is 21.8 Å². The largest absolute Gasteiger partial charge is 0.383 e. The molecule has 0 bridgehead atoms. The van der Waals surface area contributed by atoms with Gasteiger partial charge in [-0.25, -0.2) is 4.98 Å². The molecule has 1 aromatic rings. The van der Waals surface area contributed by atoms with Crippen LogP contribution in [0, 0.1) is 0 Å². The zero-order chi connectivity index (χ0) is 11.1. The van der Waals surface area contributed by atoms with Crippen molar-refractivity contribution in [2.75, 3.05) is 39.3 Å². The number of hydrogen-bond donors (Lipinski definition) is 1. The number of nitrogens with zero attached hydrogens (tertiary/aromatic N) is 2. The average molecular weight is 213 g/mol. The highest BCUT2D eigenvalue weighted by Crippen LogP contribution is 2.13. The first kappa shape index (κ1) is 12.0. The Balaban J connectivity index is 2.52. The molecule has 15 heavy (non-hydrogen) atoms. The number of rotatable bonds is 7. The summed E-state index contributed by atoms with van der Waals surface area (Å²) in [6, 6.07) is 0.280. The Bertz CT molecular complexity index is 275. The predicted molar refractivity (Wildman–Crippen MR) is 59.2 cm³/mol. The summed E-state index contributed by atoms with van der Waals surface area (Å²) >= 11 is 0. The van der Waals surface area contributed by atoms with Crippen LogP contribution in [0.25, 0.3) is 0 Å². The number of hydrogen-bond acceptors (Lipinski definition) is 4. The van der Waals surface area contributed by atoms with Gasteiger partial charge in [0, 0.05) is 33.2 Å². The highest BCUT2D eigenvalue weighted by atomic mass is 16.5. The molecule has 0 saturated carbocycles. The minimum absolute atomic E-state index is 0.280. The van der Waals surface area contributed by atoms with Crippen molar-refractivity contribution in [3.63, 3.8) is 0 Å². The van der Waals surface area contributed by atoms with Crippen LogP contribution >= 0.6 is 0 Å². The van der Waals surface area contributed by atoms with Gasteiger partial charge in [0.25, 0.3) is 0 Å². The third-order valence-electron chi connectivity index (χ3n) is 2.14. The van der Waals surface area contributed by atoms with Crippen LogP contribution in [-0.2, 0) is 9.47 Å². The maximum Gasteiger partial charge on any atom is 0.203 e. The van der Waals surface area contributed by atoms with Crippen LogP contribution < -0.4 is 5.32 Å². The Morgan fingerprint density at radius 3 is 2.93 bits per heavy atom. The van der Waals surface area contributed by atoms with Crippen molar-refractivity contribution in [3.05, 3.63) is 12.4 Å². The van der Waals surface area contributed by atoms with Gasteiger partial charge in [0.2, 0.25) is 5.95 Å². The highest BCUT2D eigenvalue weighted by molar-refractivity contribution is 5.26. The van der Waals surface area contributed by atoms with Crippen LogP contribution in [-0.4, -0.2) is 43.5 Å². The molecule has 0 fully saturated rings. The first-order valence-corrected chi connectivity index (χ1v) is 5.04. The molecule has 86 valence electrons. The molecule has 0 aliphatic heterocycles. The third-order valence-corrected chi connectivity index (χ3v) is 2.14. The van der Waals surface area contributed by atoms with Gasteiger partial charge in [-0.3, -0.25) is 0 Å². The minimum Gasteiger partial charge on any atom is -0.383 e. The van der Waals surface area contributed by atoms with Gasteiger partial charge in [-0.05, 0) is 6.92 Å². The molecule has 0 saturated heterocycles. The molecule has 0 radical (unpaired) electrons. The summed E-state index contributed by atoms with van der Waals surface area (Å²) < 4.78 is 12.1. The number of nitrogens with one attached hydrogen (secondary N) is 1. The molecule has 0 amide bonds. The number of anilines is 1. The summed E-state index contributed by atoms with van der Waals surface area (Å²) in [5.41, 5.74) is 0. The van der Waals surface area contributed by atoms with E-state index in [1.54, 1.807) is 20.4 Å². The van der Waals surface area contributed by atoms with Crippen LogP contribution in [0.1, 0.15) is 13.0 Å². The fourth-order valence-electron chi connectivity index (χ4n) is 1.39. The maximum absolute atomic E-state index is 5.11. The second-order valence-corrected chi connectivity index (χ2v) is 3.38. The van der Waals surface area contributed by atoms with Gasteiger partial charge in [0.1, 0.15) is 0 Å². The molecule has 0 aliphatic rings. The van der Waals surface area contributed by atoms with Gasteiger partial charge < -0.3 is 19.4 Å². The maximum atomic E-state index is 5.11. The molecule has 1 heterocycles. The van der Waals surface area contributed by atoms with Crippen LogP contribution in [0.4, 0.5) is 5.95 Å². The first-order chi connectivity index (χ1) is 7.29. The van der Waals surface area contributed by atoms with E-state index in [9.17, 15) is 0 Å². The Kier molecular flexibility index (Phi) is 5.14. The zero-order valence-corrected chi connectivity index (χ0v) is 9.56. The van der Waals surface area contributed by atoms with Gasteiger partial charge >= 0.3 is 0 Å². The van der Waals surface area contributed by atoms with Gasteiger partial charge in [0.15, 0.2) is 0 Å². The van der Waals surface area contributed by atoms with Crippen molar-refractivity contribution in [3.8, 4) is 0 Å². The second-order valence-electron chi connectivity index (χ2n) is 3.38. The molecule has 5 heteroatoms. The molecule has 1 aromatic heterocycles. The lowest BCUT2D eigenvalue weighted by Gasteiger charge is -2.15. The molecule has 1 rings (SSSR count). The zero-order valence-electron chi connectivity index (χ0n) is 9.56. The summed E-state index contributed by atoms with van der Waals surface area (Å²) in [6.07, 6.45) is 3.72. The molecule has 1 unspecified atom stereocenters. The number of imidazole rings is 1. The normalized spacial score (nSPS) is 12.7. The highest BCUT2D eigenvalue weighted by Gasteiger charge is 2.08. The van der Waals surface area contributed by atoms with Gasteiger partial charge in [-0.15, -0.1) is 0 Å². The van der Waals surface area contributed by atoms with E-state index in [4.69, 9.17) is 9.47 Å². The van der Waals surface area contributed by atoms with E-state index in [-0.39, 0.29) is 6.04 Å². The molecular formula is C10H19N3O2. The molecule has 0 aromatic carbocycles. The van der Waals surface area contributed by atoms with E-state index in [1.165, 1.54) is 0 Å². The number of methoxy groups -OCH3 is 2. The van der Waals surface area contributed by atoms with E-state index in [1.807, 2.05) is 6.20 Å². The lowest BCUT2D eigenvalue weighted by Crippen LogP contribution is -2.16. The minimum atomic E-state index is 0.280. The fourth-order valence-corrected chi connectivity index (χ4v) is 1.39. The summed E-state index contributed by atoms with van der Waals surface area (Å²) in [4.78, 5) is 4.23. The standard InChI is InChI=1S/C10H19N3O2/c1-9(8-15-3)13-6-4-11-10(13)12-5-7-14-2/h4,6,9H,5,7-8H2,1-3H3,(H,11,12). The molecule has 0 aliphatic carbocycles. The Morgan fingerprint density at radius 2 is 2.27 bits per heavy atom. The Hall–Kier alpha value is -1.07. The number of ether oxygens (including phenoxy) is 2. The Morgan fingerprint density at radius 1 is 1.47 bits per heavy atom. The van der Waals surface area contributed by atoms with Gasteiger partial charge in [0.05, 0.1) is 19.3 Å². The third kappa shape index (κ3) is 3.53. The predicted octanol–water partition coefficient (Wildman–Crippen LogP) is 1.15. The smallest absolute Gasteiger partial charge is 0.203 e. The first-order valence-electron chi connectivity index (χ1n) is 5.04. The van der Waals surface area contributed by atoms with Crippen molar-refractivity contribution in [1.29, 1.82) is 0 Å². The van der Waals surface area contributed by atoms with E-state index < -0.39 is 0 Å². The van der Waals surface area contributed by atoms with Crippen LogP contribution in [0.5, 0.6) is 0 Å². The lowest BCUT2D eigenvalue weighted by molar-refractivity contribution is 0.163. The molecular weight excluding hydrogens is 194 g/mol. The monoisotopic (exact) mass is 213 g/mol. The van der Waals surface area contributed by atoms with Gasteiger partial charge in [-0.1, -0.05) is 0 Å². The van der Waals surface area contributed by atoms with E-state index in [0.717, 1.165) is 12.5 Å². The van der Waals surface area contributed by atoms with Crippen LogP contribution in [0.15, 0.2) is 12.4 Å². The van der Waals surface area contributed by atoms with E-state index in [0.29, 0.717) is 13.2 Å². The summed E-state index contributed by atoms with van der Waals surface area (Å²) in [7, 11) is 3.38. The van der Waals surface area contributed by atoms with Crippen molar-refractivity contribution in [2.45, 2.75) is 13.0 Å². The van der Waals surface area contributed by atoms with Gasteiger partial charge in [-0.2, -0.15) is 0 Å². The fraction of sp³-hybridized carbons (Fsp3) is 0.700. The van der Waals surface area contributed by atoms with Crippen molar-refractivity contribution in [2.24, 2.45) is 0 Å². The quantitative estimate of drug-likeness (QED) is 0.690. The SMILES string of the molecule is COCCNc1nccn1C(C)COC. The number of aromatic nitrogens is 2. The van der Waals surface area contributed by atoms with Crippen molar-refractivity contribution in [1.82, 2.24) is 9.55 Å². The summed E-state index contributed by atoms with van der Waals surface area (Å²) in [5.74, 6) is 0.858. The van der Waals surface area contributed by atoms with Crippen molar-refractivity contribution >= 4 is 5.95 Å². The lowest BCUT2D eigenvalue weighted by atomic mass is 10.3.